The van der Waals surface area contributed by atoms with Gasteiger partial charge in [0.05, 0.1) is 7.11 Å². The molecule has 4 heteroatoms. The van der Waals surface area contributed by atoms with E-state index in [1.165, 1.54) is 0 Å². The SMILES string of the molecule is COc1cccc(Oc2ccc(Br)cc2C)n1. The van der Waals surface area contributed by atoms with Gasteiger partial charge in [-0.15, -0.1) is 0 Å². The number of pyridine rings is 1. The van der Waals surface area contributed by atoms with E-state index in [0.29, 0.717) is 11.8 Å². The van der Waals surface area contributed by atoms with Crippen LogP contribution in [0.15, 0.2) is 40.9 Å². The summed E-state index contributed by atoms with van der Waals surface area (Å²) in [6.07, 6.45) is 0. The van der Waals surface area contributed by atoms with E-state index in [0.717, 1.165) is 15.8 Å². The molecule has 1 aromatic heterocycles. The van der Waals surface area contributed by atoms with Crippen molar-refractivity contribution in [2.75, 3.05) is 7.11 Å². The highest BCUT2D eigenvalue weighted by Crippen LogP contribution is 2.27. The van der Waals surface area contributed by atoms with Gasteiger partial charge in [-0.2, -0.15) is 4.98 Å². The van der Waals surface area contributed by atoms with E-state index in [2.05, 4.69) is 20.9 Å². The van der Waals surface area contributed by atoms with Crippen molar-refractivity contribution >= 4 is 15.9 Å². The van der Waals surface area contributed by atoms with E-state index in [-0.39, 0.29) is 0 Å². The minimum atomic E-state index is 0.523. The molecule has 0 saturated carbocycles. The highest BCUT2D eigenvalue weighted by atomic mass is 79.9. The largest absolute Gasteiger partial charge is 0.481 e. The average Bonchev–Trinajstić information content (AvgIpc) is 2.33. The molecule has 0 aliphatic heterocycles. The number of methoxy groups -OCH3 is 1. The van der Waals surface area contributed by atoms with Gasteiger partial charge in [0, 0.05) is 16.6 Å². The van der Waals surface area contributed by atoms with Gasteiger partial charge in [-0.05, 0) is 30.7 Å². The molecule has 88 valence electrons. The third-order valence-electron chi connectivity index (χ3n) is 2.26. The van der Waals surface area contributed by atoms with Gasteiger partial charge in [-0.1, -0.05) is 22.0 Å². The van der Waals surface area contributed by atoms with E-state index >= 15 is 0 Å². The zero-order valence-corrected chi connectivity index (χ0v) is 11.2. The van der Waals surface area contributed by atoms with Crippen LogP contribution in [-0.4, -0.2) is 12.1 Å². The number of halogens is 1. The zero-order chi connectivity index (χ0) is 12.3. The second kappa shape index (κ2) is 5.19. The van der Waals surface area contributed by atoms with Crippen LogP contribution >= 0.6 is 15.9 Å². The van der Waals surface area contributed by atoms with Gasteiger partial charge in [0.25, 0.3) is 0 Å². The van der Waals surface area contributed by atoms with Crippen molar-refractivity contribution in [1.82, 2.24) is 4.98 Å². The Morgan fingerprint density at radius 3 is 2.59 bits per heavy atom. The van der Waals surface area contributed by atoms with Crippen molar-refractivity contribution in [3.05, 3.63) is 46.4 Å². The molecule has 1 heterocycles. The molecule has 2 rings (SSSR count). The smallest absolute Gasteiger partial charge is 0.222 e. The second-order valence-corrected chi connectivity index (χ2v) is 4.45. The Morgan fingerprint density at radius 2 is 1.88 bits per heavy atom. The molecular weight excluding hydrogens is 282 g/mol. The monoisotopic (exact) mass is 293 g/mol. The number of ether oxygens (including phenoxy) is 2. The predicted molar refractivity (Wildman–Crippen MR) is 69.7 cm³/mol. The molecule has 0 N–H and O–H groups in total. The molecule has 0 fully saturated rings. The normalized spacial score (nSPS) is 10.1. The first-order chi connectivity index (χ1) is 8.19. The van der Waals surface area contributed by atoms with Gasteiger partial charge in [0.15, 0.2) is 0 Å². The number of aryl methyl sites for hydroxylation is 1. The Labute approximate surface area is 109 Å². The van der Waals surface area contributed by atoms with Crippen LogP contribution in [0.3, 0.4) is 0 Å². The van der Waals surface area contributed by atoms with Crippen molar-refractivity contribution in [3.63, 3.8) is 0 Å². The standard InChI is InChI=1S/C13H12BrNO2/c1-9-8-10(14)6-7-11(9)17-13-5-3-4-12(15-13)16-2/h3-8H,1-2H3. The molecule has 0 aliphatic carbocycles. The fourth-order valence-electron chi connectivity index (χ4n) is 1.41. The lowest BCUT2D eigenvalue weighted by atomic mass is 10.2. The lowest BCUT2D eigenvalue weighted by molar-refractivity contribution is 0.383. The Kier molecular flexibility index (Phi) is 3.64. The van der Waals surface area contributed by atoms with Crippen LogP contribution in [0.2, 0.25) is 0 Å². The summed E-state index contributed by atoms with van der Waals surface area (Å²) in [4.78, 5) is 4.19. The summed E-state index contributed by atoms with van der Waals surface area (Å²) in [5.74, 6) is 1.85. The second-order valence-electron chi connectivity index (χ2n) is 3.53. The molecule has 0 unspecified atom stereocenters. The molecule has 0 spiro atoms. The van der Waals surface area contributed by atoms with Crippen LogP contribution in [0.25, 0.3) is 0 Å². The van der Waals surface area contributed by atoms with Gasteiger partial charge in [-0.25, -0.2) is 0 Å². The highest BCUT2D eigenvalue weighted by Gasteiger charge is 2.04. The summed E-state index contributed by atoms with van der Waals surface area (Å²) < 4.78 is 11.8. The molecule has 3 nitrogen and oxygen atoms in total. The summed E-state index contributed by atoms with van der Waals surface area (Å²) in [5, 5.41) is 0. The van der Waals surface area contributed by atoms with Gasteiger partial charge in [0.2, 0.25) is 11.8 Å². The van der Waals surface area contributed by atoms with E-state index in [1.54, 1.807) is 19.2 Å². The van der Waals surface area contributed by atoms with E-state index in [1.807, 2.05) is 31.2 Å². The number of aromatic nitrogens is 1. The zero-order valence-electron chi connectivity index (χ0n) is 9.61. The summed E-state index contributed by atoms with van der Waals surface area (Å²) in [6, 6.07) is 11.2. The minimum Gasteiger partial charge on any atom is -0.481 e. The Hall–Kier alpha value is -1.55. The van der Waals surface area contributed by atoms with Gasteiger partial charge < -0.3 is 9.47 Å². The molecule has 2 aromatic rings. The number of hydrogen-bond acceptors (Lipinski definition) is 3. The Balaban J connectivity index is 2.25. The van der Waals surface area contributed by atoms with E-state index < -0.39 is 0 Å². The summed E-state index contributed by atoms with van der Waals surface area (Å²) in [5.41, 5.74) is 1.05. The first kappa shape index (κ1) is 11.9. The molecule has 0 radical (unpaired) electrons. The van der Waals surface area contributed by atoms with E-state index in [9.17, 15) is 0 Å². The molecule has 0 atom stereocenters. The van der Waals surface area contributed by atoms with Crippen molar-refractivity contribution in [3.8, 4) is 17.5 Å². The van der Waals surface area contributed by atoms with Crippen LogP contribution < -0.4 is 9.47 Å². The summed E-state index contributed by atoms with van der Waals surface area (Å²) in [7, 11) is 1.58. The quantitative estimate of drug-likeness (QED) is 0.858. The molecule has 0 aliphatic rings. The number of benzene rings is 1. The fourth-order valence-corrected chi connectivity index (χ4v) is 1.88. The predicted octanol–water partition coefficient (Wildman–Crippen LogP) is 3.95. The fraction of sp³-hybridized carbons (Fsp3) is 0.154. The van der Waals surface area contributed by atoms with Crippen LogP contribution in [-0.2, 0) is 0 Å². The lowest BCUT2D eigenvalue weighted by Gasteiger charge is -2.08. The molecule has 1 aromatic carbocycles. The minimum absolute atomic E-state index is 0.523. The summed E-state index contributed by atoms with van der Waals surface area (Å²) in [6.45, 7) is 1.99. The topological polar surface area (TPSA) is 31.4 Å². The number of hydrogen-bond donors (Lipinski definition) is 0. The lowest BCUT2D eigenvalue weighted by Crippen LogP contribution is -1.92. The molecule has 17 heavy (non-hydrogen) atoms. The van der Waals surface area contributed by atoms with Crippen LogP contribution in [0.4, 0.5) is 0 Å². The first-order valence-electron chi connectivity index (χ1n) is 5.14. The van der Waals surface area contributed by atoms with Crippen molar-refractivity contribution in [2.24, 2.45) is 0 Å². The third kappa shape index (κ3) is 2.97. The molecule has 0 amide bonds. The third-order valence-corrected chi connectivity index (χ3v) is 2.75. The van der Waals surface area contributed by atoms with Crippen molar-refractivity contribution in [2.45, 2.75) is 6.92 Å². The van der Waals surface area contributed by atoms with Crippen LogP contribution in [0.1, 0.15) is 5.56 Å². The Morgan fingerprint density at radius 1 is 1.12 bits per heavy atom. The maximum atomic E-state index is 5.69. The average molecular weight is 294 g/mol. The van der Waals surface area contributed by atoms with Gasteiger partial charge in [0.1, 0.15) is 5.75 Å². The molecule has 0 bridgehead atoms. The maximum absolute atomic E-state index is 5.69. The Bertz CT molecular complexity index is 529. The maximum Gasteiger partial charge on any atom is 0.222 e. The first-order valence-corrected chi connectivity index (χ1v) is 5.93. The van der Waals surface area contributed by atoms with Crippen molar-refractivity contribution in [1.29, 1.82) is 0 Å². The van der Waals surface area contributed by atoms with Crippen LogP contribution in [0, 0.1) is 6.92 Å². The number of rotatable bonds is 3. The molecular formula is C13H12BrNO2. The van der Waals surface area contributed by atoms with Crippen molar-refractivity contribution < 1.29 is 9.47 Å². The van der Waals surface area contributed by atoms with Gasteiger partial charge in [-0.3, -0.25) is 0 Å². The highest BCUT2D eigenvalue weighted by molar-refractivity contribution is 9.10. The number of nitrogens with zero attached hydrogens (tertiary/aromatic N) is 1. The van der Waals surface area contributed by atoms with Gasteiger partial charge >= 0.3 is 0 Å². The molecule has 0 saturated heterocycles. The van der Waals surface area contributed by atoms with E-state index in [4.69, 9.17) is 9.47 Å². The summed E-state index contributed by atoms with van der Waals surface area (Å²) >= 11 is 3.41. The van der Waals surface area contributed by atoms with Crippen LogP contribution in [0.5, 0.6) is 17.5 Å².